The van der Waals surface area contributed by atoms with Gasteiger partial charge in [0.2, 0.25) is 5.95 Å². The number of nitro benzene ring substituents is 1. The fourth-order valence-corrected chi connectivity index (χ4v) is 3.42. The lowest BCUT2D eigenvalue weighted by Crippen LogP contribution is -2.44. The predicted molar refractivity (Wildman–Crippen MR) is 121 cm³/mol. The number of non-ortho nitro benzene ring substituents is 1. The van der Waals surface area contributed by atoms with Gasteiger partial charge in [-0.2, -0.15) is 4.98 Å². The van der Waals surface area contributed by atoms with Crippen molar-refractivity contribution in [2.24, 2.45) is 0 Å². The summed E-state index contributed by atoms with van der Waals surface area (Å²) in [5.74, 6) is 0.331. The minimum atomic E-state index is -0.516. The molecule has 0 atom stereocenters. The maximum absolute atomic E-state index is 14.8. The second kappa shape index (κ2) is 9.65. The van der Waals surface area contributed by atoms with Gasteiger partial charge in [-0.15, -0.1) is 0 Å². The summed E-state index contributed by atoms with van der Waals surface area (Å²) in [5.41, 5.74) is 0.908. The number of ether oxygens (including phenoxy) is 2. The number of hydrogen-bond donors (Lipinski definition) is 1. The fourth-order valence-electron chi connectivity index (χ4n) is 3.42. The van der Waals surface area contributed by atoms with Gasteiger partial charge in [0.25, 0.3) is 11.6 Å². The van der Waals surface area contributed by atoms with E-state index >= 15 is 0 Å². The minimum absolute atomic E-state index is 0.0602. The van der Waals surface area contributed by atoms with Gasteiger partial charge in [-0.3, -0.25) is 10.1 Å². The molecule has 172 valence electrons. The van der Waals surface area contributed by atoms with Crippen LogP contribution in [0.5, 0.6) is 17.4 Å². The van der Waals surface area contributed by atoms with E-state index in [2.05, 4.69) is 20.2 Å². The van der Waals surface area contributed by atoms with Crippen LogP contribution in [0.15, 0.2) is 48.7 Å². The number of benzene rings is 2. The highest BCUT2D eigenvalue weighted by Gasteiger charge is 2.18. The monoisotopic (exact) mass is 454 g/mol. The van der Waals surface area contributed by atoms with Crippen LogP contribution in [-0.4, -0.2) is 60.1 Å². The van der Waals surface area contributed by atoms with Crippen LogP contribution in [0.25, 0.3) is 0 Å². The molecule has 0 spiro atoms. The number of piperazine rings is 1. The normalized spacial score (nSPS) is 14.1. The second-order valence-corrected chi connectivity index (χ2v) is 7.51. The number of methoxy groups -OCH3 is 1. The van der Waals surface area contributed by atoms with Gasteiger partial charge >= 0.3 is 0 Å². The van der Waals surface area contributed by atoms with E-state index in [0.717, 1.165) is 26.2 Å². The summed E-state index contributed by atoms with van der Waals surface area (Å²) in [6.07, 6.45) is 1.40. The van der Waals surface area contributed by atoms with Crippen molar-refractivity contribution in [2.75, 3.05) is 50.6 Å². The van der Waals surface area contributed by atoms with Crippen LogP contribution in [0.2, 0.25) is 0 Å². The van der Waals surface area contributed by atoms with Crippen LogP contribution in [0.3, 0.4) is 0 Å². The van der Waals surface area contributed by atoms with Crippen molar-refractivity contribution in [1.82, 2.24) is 14.9 Å². The zero-order chi connectivity index (χ0) is 23.4. The molecule has 2 aromatic carbocycles. The van der Waals surface area contributed by atoms with Crippen LogP contribution >= 0.6 is 0 Å². The second-order valence-electron chi connectivity index (χ2n) is 7.51. The maximum Gasteiger partial charge on any atom is 0.273 e. The Hall–Kier alpha value is -3.99. The van der Waals surface area contributed by atoms with E-state index in [0.29, 0.717) is 11.4 Å². The van der Waals surface area contributed by atoms with Gasteiger partial charge in [0.05, 0.1) is 30.0 Å². The summed E-state index contributed by atoms with van der Waals surface area (Å²) in [5, 5.41) is 14.0. The Morgan fingerprint density at radius 2 is 1.94 bits per heavy atom. The molecule has 1 aliphatic heterocycles. The van der Waals surface area contributed by atoms with Gasteiger partial charge in [0, 0.05) is 37.9 Å². The largest absolute Gasteiger partial charge is 0.490 e. The van der Waals surface area contributed by atoms with Crippen molar-refractivity contribution in [3.8, 4) is 17.4 Å². The molecule has 2 heterocycles. The number of anilines is 3. The number of nitrogens with one attached hydrogen (secondary N) is 1. The molecule has 3 aromatic rings. The van der Waals surface area contributed by atoms with Crippen LogP contribution in [0.4, 0.5) is 27.4 Å². The van der Waals surface area contributed by atoms with Crippen molar-refractivity contribution in [3.63, 3.8) is 0 Å². The van der Waals surface area contributed by atoms with E-state index in [1.807, 2.05) is 11.9 Å². The van der Waals surface area contributed by atoms with Gasteiger partial charge < -0.3 is 24.6 Å². The molecular weight excluding hydrogens is 431 g/mol. The van der Waals surface area contributed by atoms with E-state index in [4.69, 9.17) is 9.47 Å². The van der Waals surface area contributed by atoms with Gasteiger partial charge in [-0.05, 0) is 31.3 Å². The van der Waals surface area contributed by atoms with E-state index < -0.39 is 4.92 Å². The molecule has 10 nitrogen and oxygen atoms in total. The Morgan fingerprint density at radius 3 is 2.64 bits per heavy atom. The smallest absolute Gasteiger partial charge is 0.273 e. The summed E-state index contributed by atoms with van der Waals surface area (Å²) in [6.45, 7) is 3.29. The molecule has 0 aliphatic carbocycles. The van der Waals surface area contributed by atoms with Gasteiger partial charge in [0.1, 0.15) is 11.6 Å². The van der Waals surface area contributed by atoms with Gasteiger partial charge in [0.15, 0.2) is 5.75 Å². The topological polar surface area (TPSA) is 106 Å². The highest BCUT2D eigenvalue weighted by molar-refractivity contribution is 5.61. The minimum Gasteiger partial charge on any atom is -0.490 e. The van der Waals surface area contributed by atoms with Crippen LogP contribution in [0, 0.1) is 15.9 Å². The zero-order valence-electron chi connectivity index (χ0n) is 18.2. The Bertz CT molecular complexity index is 1150. The number of hydrogen-bond acceptors (Lipinski definition) is 9. The Balaban J connectivity index is 1.52. The summed E-state index contributed by atoms with van der Waals surface area (Å²) < 4.78 is 25.7. The van der Waals surface area contributed by atoms with Crippen molar-refractivity contribution in [3.05, 3.63) is 64.6 Å². The first-order valence-electron chi connectivity index (χ1n) is 10.3. The van der Waals surface area contributed by atoms with Crippen molar-refractivity contribution in [1.29, 1.82) is 0 Å². The molecule has 33 heavy (non-hydrogen) atoms. The number of nitrogens with zero attached hydrogens (tertiary/aromatic N) is 5. The number of rotatable bonds is 7. The van der Waals surface area contributed by atoms with Crippen LogP contribution in [-0.2, 0) is 0 Å². The molecule has 0 bridgehead atoms. The first-order valence-corrected chi connectivity index (χ1v) is 10.3. The molecule has 1 fully saturated rings. The number of halogens is 1. The third kappa shape index (κ3) is 5.26. The average Bonchev–Trinajstić information content (AvgIpc) is 2.80. The lowest BCUT2D eigenvalue weighted by molar-refractivity contribution is -0.384. The number of nitro groups is 1. The highest BCUT2D eigenvalue weighted by Crippen LogP contribution is 2.32. The van der Waals surface area contributed by atoms with Crippen LogP contribution in [0.1, 0.15) is 0 Å². The van der Waals surface area contributed by atoms with E-state index in [9.17, 15) is 14.5 Å². The number of aromatic nitrogens is 2. The van der Waals surface area contributed by atoms with Gasteiger partial charge in [-0.1, -0.05) is 6.07 Å². The fraction of sp³-hybridized carbons (Fsp3) is 0.273. The molecule has 11 heteroatoms. The number of likely N-dealkylation sites (N-methyl/N-ethyl adjacent to an activating group) is 1. The SMILES string of the molecule is COc1cnc(Nc2ccc(N3CCN(C)CC3)c(F)c2)nc1Oc1cccc([N+](=O)[O-])c1. The molecule has 0 saturated carbocycles. The lowest BCUT2D eigenvalue weighted by atomic mass is 10.2. The quantitative estimate of drug-likeness (QED) is 0.421. The lowest BCUT2D eigenvalue weighted by Gasteiger charge is -2.34. The molecule has 1 aromatic heterocycles. The van der Waals surface area contributed by atoms with E-state index in [1.165, 1.54) is 37.6 Å². The van der Waals surface area contributed by atoms with E-state index in [1.54, 1.807) is 18.2 Å². The van der Waals surface area contributed by atoms with Crippen molar-refractivity contribution < 1.29 is 18.8 Å². The van der Waals surface area contributed by atoms with Crippen molar-refractivity contribution in [2.45, 2.75) is 0 Å². The maximum atomic E-state index is 14.8. The molecule has 1 aliphatic rings. The summed E-state index contributed by atoms with van der Waals surface area (Å²) >= 11 is 0. The molecule has 0 unspecified atom stereocenters. The summed E-state index contributed by atoms with van der Waals surface area (Å²) in [4.78, 5) is 23.2. The van der Waals surface area contributed by atoms with Crippen LogP contribution < -0.4 is 19.7 Å². The molecule has 1 saturated heterocycles. The Morgan fingerprint density at radius 1 is 1.15 bits per heavy atom. The van der Waals surface area contributed by atoms with Crippen molar-refractivity contribution >= 4 is 23.0 Å². The first kappa shape index (κ1) is 22.2. The first-order chi connectivity index (χ1) is 15.9. The Kier molecular flexibility index (Phi) is 6.50. The zero-order valence-corrected chi connectivity index (χ0v) is 18.2. The standard InChI is InChI=1S/C22H23FN6O4/c1-27-8-10-28(11-9-27)19-7-6-15(12-18(19)23)25-22-24-14-20(32-2)21(26-22)33-17-5-3-4-16(13-17)29(30)31/h3-7,12-14H,8-11H2,1-2H3,(H,24,25,26). The highest BCUT2D eigenvalue weighted by atomic mass is 19.1. The average molecular weight is 454 g/mol. The third-order valence-electron chi connectivity index (χ3n) is 5.23. The Labute approximate surface area is 189 Å². The molecule has 0 radical (unpaired) electrons. The summed E-state index contributed by atoms with van der Waals surface area (Å²) in [6, 6.07) is 10.6. The molecule has 4 rings (SSSR count). The van der Waals surface area contributed by atoms with E-state index in [-0.39, 0.29) is 34.8 Å². The molecular formula is C22H23FN6O4. The summed E-state index contributed by atoms with van der Waals surface area (Å²) in [7, 11) is 3.48. The van der Waals surface area contributed by atoms with Gasteiger partial charge in [-0.25, -0.2) is 9.37 Å². The molecule has 1 N–H and O–H groups in total. The third-order valence-corrected chi connectivity index (χ3v) is 5.23. The molecule has 0 amide bonds. The predicted octanol–water partition coefficient (Wildman–Crippen LogP) is 3.82.